The summed E-state index contributed by atoms with van der Waals surface area (Å²) in [4.78, 5) is 2.41. The summed E-state index contributed by atoms with van der Waals surface area (Å²) in [7, 11) is -2.76. The first-order chi connectivity index (χ1) is 27.8. The minimum absolute atomic E-state index is 0.940. The van der Waals surface area contributed by atoms with E-state index in [1.165, 1.54) is 62.8 Å². The Morgan fingerprint density at radius 2 is 0.946 bits per heavy atom. The first kappa shape index (κ1) is 32.7. The van der Waals surface area contributed by atoms with Crippen molar-refractivity contribution in [2.24, 2.45) is 0 Å². The van der Waals surface area contributed by atoms with E-state index in [0.29, 0.717) is 0 Å². The second-order valence-corrected chi connectivity index (χ2v) is 19.3. The summed E-state index contributed by atoms with van der Waals surface area (Å²) in [5, 5.41) is 10.3. The van der Waals surface area contributed by atoms with Gasteiger partial charge in [-0.2, -0.15) is 0 Å². The van der Waals surface area contributed by atoms with Crippen LogP contribution in [-0.2, 0) is 0 Å². The van der Waals surface area contributed by atoms with Gasteiger partial charge in [0.15, 0.2) is 8.07 Å². The summed E-state index contributed by atoms with van der Waals surface area (Å²) in [6.07, 6.45) is 0. The second kappa shape index (κ2) is 13.2. The van der Waals surface area contributed by atoms with Crippen molar-refractivity contribution in [3.8, 4) is 22.6 Å². The van der Waals surface area contributed by atoms with Crippen LogP contribution in [0, 0.1) is 0 Å². The van der Waals surface area contributed by atoms with Gasteiger partial charge < -0.3 is 9.64 Å². The molecule has 1 aliphatic rings. The molecule has 11 rings (SSSR count). The summed E-state index contributed by atoms with van der Waals surface area (Å²) in [5.74, 6) is 1.88. The lowest BCUT2D eigenvalue weighted by atomic mass is 9.98. The molecule has 0 unspecified atom stereocenters. The molecular weight excluding hydrogens is 715 g/mol. The Hall–Kier alpha value is -6.72. The highest BCUT2D eigenvalue weighted by molar-refractivity contribution is 7.25. The Bertz CT molecular complexity index is 3010. The van der Waals surface area contributed by atoms with Gasteiger partial charge in [0.1, 0.15) is 11.5 Å². The van der Waals surface area contributed by atoms with Crippen molar-refractivity contribution in [2.45, 2.75) is 0 Å². The Kier molecular flexibility index (Phi) is 7.73. The Labute approximate surface area is 331 Å². The molecule has 4 heteroatoms. The molecule has 2 heterocycles. The average Bonchev–Trinajstić information content (AvgIpc) is 3.64. The Balaban J connectivity index is 1.09. The van der Waals surface area contributed by atoms with E-state index in [-0.39, 0.29) is 0 Å². The van der Waals surface area contributed by atoms with Crippen molar-refractivity contribution in [3.05, 3.63) is 212 Å². The molecule has 0 aliphatic carbocycles. The standard InChI is InChI=1S/C52H35NOSSi/c1-2-15-41(16-3-1)56(51-23-10-7-20-47(51)54-48-21-8-11-24-52(48)56)42-32-29-39(30-33-42)53(40-31-34-46-45-18-6-9-22-49(45)55-50(46)35-40)38-27-25-37(26-28-38)44-19-12-14-36-13-4-5-17-43(36)44/h1-35H. The van der Waals surface area contributed by atoms with Gasteiger partial charge >= 0.3 is 0 Å². The van der Waals surface area contributed by atoms with Crippen molar-refractivity contribution in [3.63, 3.8) is 0 Å². The number of anilines is 3. The maximum Gasteiger partial charge on any atom is 0.188 e. The van der Waals surface area contributed by atoms with Crippen molar-refractivity contribution >= 4 is 88.2 Å². The molecular formula is C52H35NOSSi. The number of rotatable bonds is 6. The minimum Gasteiger partial charge on any atom is -0.458 e. The van der Waals surface area contributed by atoms with Gasteiger partial charge in [-0.1, -0.05) is 158 Å². The van der Waals surface area contributed by atoms with Crippen LogP contribution in [0.2, 0.25) is 0 Å². The highest BCUT2D eigenvalue weighted by atomic mass is 32.1. The van der Waals surface area contributed by atoms with E-state index in [9.17, 15) is 0 Å². The number of hydrogen-bond acceptors (Lipinski definition) is 3. The molecule has 0 fully saturated rings. The quantitative estimate of drug-likeness (QED) is 0.157. The van der Waals surface area contributed by atoms with E-state index in [1.54, 1.807) is 0 Å². The molecule has 0 bridgehead atoms. The second-order valence-electron chi connectivity index (χ2n) is 14.4. The van der Waals surface area contributed by atoms with Crippen molar-refractivity contribution < 1.29 is 4.74 Å². The fourth-order valence-electron chi connectivity index (χ4n) is 8.90. The smallest absolute Gasteiger partial charge is 0.188 e. The van der Waals surface area contributed by atoms with E-state index in [4.69, 9.17) is 4.74 Å². The molecule has 1 aromatic heterocycles. The van der Waals surface area contributed by atoms with Gasteiger partial charge in [0.2, 0.25) is 0 Å². The Morgan fingerprint density at radius 3 is 1.70 bits per heavy atom. The van der Waals surface area contributed by atoms with Crippen molar-refractivity contribution in [2.75, 3.05) is 4.90 Å². The van der Waals surface area contributed by atoms with E-state index in [1.807, 2.05) is 11.3 Å². The van der Waals surface area contributed by atoms with Crippen LogP contribution in [0.5, 0.6) is 11.5 Å². The fraction of sp³-hybridized carbons (Fsp3) is 0. The predicted molar refractivity (Wildman–Crippen MR) is 241 cm³/mol. The molecule has 0 saturated carbocycles. The highest BCUT2D eigenvalue weighted by Crippen LogP contribution is 2.41. The molecule has 1 aliphatic heterocycles. The summed E-state index contributed by atoms with van der Waals surface area (Å²) < 4.78 is 9.19. The third kappa shape index (κ3) is 5.15. The molecule has 0 amide bonds. The lowest BCUT2D eigenvalue weighted by Gasteiger charge is -2.39. The first-order valence-corrected chi connectivity index (χ1v) is 21.9. The third-order valence-corrected chi connectivity index (χ3v) is 17.4. The van der Waals surface area contributed by atoms with Crippen LogP contribution in [0.3, 0.4) is 0 Å². The van der Waals surface area contributed by atoms with Crippen LogP contribution < -0.4 is 30.4 Å². The van der Waals surface area contributed by atoms with Gasteiger partial charge in [0.25, 0.3) is 0 Å². The lowest BCUT2D eigenvalue weighted by molar-refractivity contribution is 0.487. The number of ether oxygens (including phenoxy) is 1. The molecule has 9 aromatic carbocycles. The zero-order chi connectivity index (χ0) is 37.1. The summed E-state index contributed by atoms with van der Waals surface area (Å²) in [6, 6.07) is 77.7. The minimum atomic E-state index is -2.76. The SMILES string of the molecule is c1ccc([Si]2(c3ccc(N(c4ccc(-c5cccc6ccccc56)cc4)c4ccc5c(c4)sc4ccccc45)cc3)c3ccccc3Oc3ccccc32)cc1. The van der Waals surface area contributed by atoms with Gasteiger partial charge in [-0.15, -0.1) is 11.3 Å². The van der Waals surface area contributed by atoms with Gasteiger partial charge in [-0.3, -0.25) is 0 Å². The Morgan fingerprint density at radius 1 is 0.393 bits per heavy atom. The van der Waals surface area contributed by atoms with Gasteiger partial charge in [0, 0.05) is 37.2 Å². The van der Waals surface area contributed by atoms with Gasteiger partial charge in [-0.05, 0) is 97.2 Å². The molecule has 56 heavy (non-hydrogen) atoms. The highest BCUT2D eigenvalue weighted by Gasteiger charge is 2.47. The summed E-state index contributed by atoms with van der Waals surface area (Å²) in [5.41, 5.74) is 5.79. The van der Waals surface area contributed by atoms with E-state index >= 15 is 0 Å². The van der Waals surface area contributed by atoms with E-state index in [2.05, 4.69) is 217 Å². The lowest BCUT2D eigenvalue weighted by Crippen LogP contribution is -2.76. The molecule has 0 radical (unpaired) electrons. The topological polar surface area (TPSA) is 12.5 Å². The number of hydrogen-bond donors (Lipinski definition) is 0. The summed E-state index contributed by atoms with van der Waals surface area (Å²) in [6.45, 7) is 0. The van der Waals surface area contributed by atoms with Crippen LogP contribution in [0.1, 0.15) is 0 Å². The maximum absolute atomic E-state index is 6.60. The molecule has 0 saturated heterocycles. The number of para-hydroxylation sites is 2. The van der Waals surface area contributed by atoms with Crippen LogP contribution in [0.25, 0.3) is 42.1 Å². The number of benzene rings is 9. The van der Waals surface area contributed by atoms with Crippen LogP contribution in [-0.4, -0.2) is 8.07 Å². The maximum atomic E-state index is 6.60. The monoisotopic (exact) mass is 749 g/mol. The van der Waals surface area contributed by atoms with E-state index in [0.717, 1.165) is 28.6 Å². The molecule has 10 aromatic rings. The van der Waals surface area contributed by atoms with Crippen molar-refractivity contribution in [1.82, 2.24) is 0 Å². The number of fused-ring (bicyclic) bond motifs is 6. The molecule has 0 N–H and O–H groups in total. The van der Waals surface area contributed by atoms with Crippen molar-refractivity contribution in [1.29, 1.82) is 0 Å². The zero-order valence-electron chi connectivity index (χ0n) is 30.5. The average molecular weight is 750 g/mol. The van der Waals surface area contributed by atoms with Crippen LogP contribution in [0.15, 0.2) is 212 Å². The number of thiophene rings is 1. The zero-order valence-corrected chi connectivity index (χ0v) is 32.3. The van der Waals surface area contributed by atoms with E-state index < -0.39 is 8.07 Å². The largest absolute Gasteiger partial charge is 0.458 e. The summed E-state index contributed by atoms with van der Waals surface area (Å²) >= 11 is 1.86. The molecule has 2 nitrogen and oxygen atoms in total. The fourth-order valence-corrected chi connectivity index (χ4v) is 15.0. The third-order valence-electron chi connectivity index (χ3n) is 11.4. The molecule has 264 valence electrons. The normalized spacial score (nSPS) is 12.9. The van der Waals surface area contributed by atoms with Gasteiger partial charge in [0.05, 0.1) is 0 Å². The predicted octanol–water partition coefficient (Wildman–Crippen LogP) is 11.8. The molecule has 0 atom stereocenters. The van der Waals surface area contributed by atoms with Gasteiger partial charge in [-0.25, -0.2) is 0 Å². The first-order valence-electron chi connectivity index (χ1n) is 19.1. The molecule has 0 spiro atoms. The van der Waals surface area contributed by atoms with Crippen LogP contribution in [0.4, 0.5) is 17.1 Å². The number of nitrogens with zero attached hydrogens (tertiary/aromatic N) is 1. The van der Waals surface area contributed by atoms with Crippen LogP contribution >= 0.6 is 11.3 Å².